The van der Waals surface area contributed by atoms with E-state index in [1.165, 1.54) is 23.1 Å². The van der Waals surface area contributed by atoms with Gasteiger partial charge in [-0.25, -0.2) is 4.98 Å². The van der Waals surface area contributed by atoms with Crippen molar-refractivity contribution in [2.75, 3.05) is 6.54 Å². The first-order chi connectivity index (χ1) is 15.2. The van der Waals surface area contributed by atoms with Crippen molar-refractivity contribution in [1.82, 2.24) is 9.88 Å². The summed E-state index contributed by atoms with van der Waals surface area (Å²) in [7, 11) is 0. The number of hydrogen-bond donors (Lipinski definition) is 0. The molecule has 0 saturated carbocycles. The second kappa shape index (κ2) is 9.96. The van der Waals surface area contributed by atoms with Gasteiger partial charge in [-0.15, -0.1) is 17.9 Å². The number of carbonyl (C=O) groups is 1. The molecule has 156 valence electrons. The van der Waals surface area contributed by atoms with Gasteiger partial charge in [-0.05, 0) is 30.0 Å². The van der Waals surface area contributed by atoms with Crippen molar-refractivity contribution in [2.24, 2.45) is 4.99 Å². The third-order valence-electron chi connectivity index (χ3n) is 4.36. The van der Waals surface area contributed by atoms with Crippen molar-refractivity contribution < 1.29 is 9.53 Å². The van der Waals surface area contributed by atoms with E-state index in [9.17, 15) is 4.79 Å². The van der Waals surface area contributed by atoms with Crippen LogP contribution in [0.4, 0.5) is 5.13 Å². The minimum Gasteiger partial charge on any atom is -0.488 e. The lowest BCUT2D eigenvalue weighted by Gasteiger charge is -2.12. The maximum atomic E-state index is 13.0. The lowest BCUT2D eigenvalue weighted by Crippen LogP contribution is -2.29. The summed E-state index contributed by atoms with van der Waals surface area (Å²) in [5.41, 5.74) is 1.70. The van der Waals surface area contributed by atoms with Crippen LogP contribution >= 0.6 is 34.7 Å². The van der Waals surface area contributed by atoms with Crippen molar-refractivity contribution in [2.45, 2.75) is 6.61 Å². The van der Waals surface area contributed by atoms with E-state index in [-0.39, 0.29) is 5.91 Å². The molecule has 0 radical (unpaired) electrons. The van der Waals surface area contributed by atoms with Gasteiger partial charge in [0, 0.05) is 34.3 Å². The summed E-state index contributed by atoms with van der Waals surface area (Å²) in [5, 5.41) is 3.69. The Labute approximate surface area is 193 Å². The molecule has 2 aromatic carbocycles. The van der Waals surface area contributed by atoms with Crippen LogP contribution in [0.5, 0.6) is 5.75 Å². The SMILES string of the molecule is C=CCN1C(=O)/C(=C/c2ccccc2OCc2ccccc2Cl)S/C1=N/c1nccs1. The molecule has 1 saturated heterocycles. The second-order valence-electron chi connectivity index (χ2n) is 6.44. The first-order valence-electron chi connectivity index (χ1n) is 9.41. The topological polar surface area (TPSA) is 54.8 Å². The summed E-state index contributed by atoms with van der Waals surface area (Å²) in [6.07, 6.45) is 5.20. The standard InChI is InChI=1S/C23H18ClN3O2S2/c1-2-12-27-21(28)20(31-23(27)26-22-25-11-13-30-22)14-16-7-4-6-10-19(16)29-15-17-8-3-5-9-18(17)24/h2-11,13-14H,1,12,15H2/b20-14-,26-23+. The van der Waals surface area contributed by atoms with Crippen molar-refractivity contribution in [3.63, 3.8) is 0 Å². The van der Waals surface area contributed by atoms with Crippen LogP contribution in [0, 0.1) is 0 Å². The number of amidine groups is 1. The van der Waals surface area contributed by atoms with E-state index in [2.05, 4.69) is 16.6 Å². The van der Waals surface area contributed by atoms with Crippen LogP contribution in [0.25, 0.3) is 6.08 Å². The molecule has 5 nitrogen and oxygen atoms in total. The van der Waals surface area contributed by atoms with Crippen LogP contribution in [-0.2, 0) is 11.4 Å². The predicted molar refractivity (Wildman–Crippen MR) is 129 cm³/mol. The Hall–Kier alpha value is -2.87. The first-order valence-corrected chi connectivity index (χ1v) is 11.5. The highest BCUT2D eigenvalue weighted by atomic mass is 35.5. The van der Waals surface area contributed by atoms with Gasteiger partial charge in [0.2, 0.25) is 5.13 Å². The first kappa shape index (κ1) is 21.4. The minimum absolute atomic E-state index is 0.124. The number of thioether (sulfide) groups is 1. The molecule has 4 rings (SSSR count). The lowest BCUT2D eigenvalue weighted by molar-refractivity contribution is -0.121. The zero-order chi connectivity index (χ0) is 21.6. The molecule has 2 heterocycles. The van der Waals surface area contributed by atoms with E-state index in [1.807, 2.05) is 60.0 Å². The fraction of sp³-hybridized carbons (Fsp3) is 0.0870. The fourth-order valence-electron chi connectivity index (χ4n) is 2.88. The molecule has 1 aliphatic heterocycles. The fourth-order valence-corrected chi connectivity index (χ4v) is 4.61. The molecule has 1 fully saturated rings. The number of nitrogens with zero attached hydrogens (tertiary/aromatic N) is 3. The Bertz CT molecular complexity index is 1160. The van der Waals surface area contributed by atoms with Gasteiger partial charge in [-0.1, -0.05) is 54.1 Å². The minimum atomic E-state index is -0.124. The highest BCUT2D eigenvalue weighted by Gasteiger charge is 2.33. The van der Waals surface area contributed by atoms with Gasteiger partial charge >= 0.3 is 0 Å². The molecule has 0 N–H and O–H groups in total. The molecule has 0 atom stereocenters. The number of thiazole rings is 1. The van der Waals surface area contributed by atoms with Crippen LogP contribution < -0.4 is 4.74 Å². The van der Waals surface area contributed by atoms with Crippen LogP contribution in [0.15, 0.2) is 82.7 Å². The summed E-state index contributed by atoms with van der Waals surface area (Å²) in [6, 6.07) is 15.2. The quantitative estimate of drug-likeness (QED) is 0.308. The Balaban J connectivity index is 1.60. The lowest BCUT2D eigenvalue weighted by atomic mass is 10.1. The Morgan fingerprint density at radius 2 is 2.00 bits per heavy atom. The number of rotatable bonds is 7. The molecule has 0 unspecified atom stereocenters. The third kappa shape index (κ3) is 5.07. The molecule has 3 aromatic rings. The van der Waals surface area contributed by atoms with Crippen LogP contribution in [0.1, 0.15) is 11.1 Å². The number of ether oxygens (including phenoxy) is 1. The Morgan fingerprint density at radius 3 is 2.77 bits per heavy atom. The zero-order valence-electron chi connectivity index (χ0n) is 16.4. The molecule has 1 amide bonds. The average molecular weight is 468 g/mol. The van der Waals surface area contributed by atoms with Gasteiger partial charge < -0.3 is 4.74 Å². The van der Waals surface area contributed by atoms with Crippen molar-refractivity contribution in [3.8, 4) is 5.75 Å². The molecule has 8 heteroatoms. The number of para-hydroxylation sites is 1. The van der Waals surface area contributed by atoms with Gasteiger partial charge in [-0.3, -0.25) is 9.69 Å². The van der Waals surface area contributed by atoms with Crippen molar-refractivity contribution >= 4 is 57.0 Å². The molecule has 0 spiro atoms. The molecule has 0 aliphatic carbocycles. The highest BCUT2D eigenvalue weighted by Crippen LogP contribution is 2.36. The van der Waals surface area contributed by atoms with E-state index in [0.717, 1.165) is 11.1 Å². The Morgan fingerprint density at radius 1 is 1.19 bits per heavy atom. The molecule has 1 aromatic heterocycles. The van der Waals surface area contributed by atoms with E-state index in [4.69, 9.17) is 16.3 Å². The number of aliphatic imine (C=N–C) groups is 1. The maximum absolute atomic E-state index is 13.0. The van der Waals surface area contributed by atoms with E-state index < -0.39 is 0 Å². The van der Waals surface area contributed by atoms with Gasteiger partial charge in [0.15, 0.2) is 5.17 Å². The monoisotopic (exact) mass is 467 g/mol. The number of hydrogen-bond acceptors (Lipinski definition) is 6. The zero-order valence-corrected chi connectivity index (χ0v) is 18.8. The average Bonchev–Trinajstić information content (AvgIpc) is 3.39. The molecule has 0 bridgehead atoms. The normalized spacial score (nSPS) is 16.3. The van der Waals surface area contributed by atoms with E-state index in [0.29, 0.717) is 39.1 Å². The van der Waals surface area contributed by atoms with Crippen molar-refractivity contribution in [3.05, 3.63) is 93.8 Å². The van der Waals surface area contributed by atoms with E-state index >= 15 is 0 Å². The van der Waals surface area contributed by atoms with Crippen LogP contribution in [-0.4, -0.2) is 27.5 Å². The number of carbonyl (C=O) groups excluding carboxylic acids is 1. The maximum Gasteiger partial charge on any atom is 0.267 e. The summed E-state index contributed by atoms with van der Waals surface area (Å²) in [5.74, 6) is 0.546. The van der Waals surface area contributed by atoms with Crippen LogP contribution in [0.3, 0.4) is 0 Å². The van der Waals surface area contributed by atoms with Gasteiger partial charge in [0.05, 0.1) is 4.91 Å². The molecule has 31 heavy (non-hydrogen) atoms. The van der Waals surface area contributed by atoms with Crippen molar-refractivity contribution in [1.29, 1.82) is 0 Å². The summed E-state index contributed by atoms with van der Waals surface area (Å²) in [4.78, 5) is 23.9. The number of aromatic nitrogens is 1. The third-order valence-corrected chi connectivity index (χ3v) is 6.40. The molecule has 1 aliphatic rings. The molecular formula is C23H18ClN3O2S2. The number of halogens is 1. The highest BCUT2D eigenvalue weighted by molar-refractivity contribution is 8.18. The van der Waals surface area contributed by atoms with Gasteiger partial charge in [0.1, 0.15) is 12.4 Å². The molecular weight excluding hydrogens is 450 g/mol. The van der Waals surface area contributed by atoms with E-state index in [1.54, 1.807) is 17.2 Å². The Kier molecular flexibility index (Phi) is 6.86. The second-order valence-corrected chi connectivity index (χ2v) is 8.73. The summed E-state index contributed by atoms with van der Waals surface area (Å²) in [6.45, 7) is 4.46. The van der Waals surface area contributed by atoms with Gasteiger partial charge in [-0.2, -0.15) is 4.99 Å². The largest absolute Gasteiger partial charge is 0.488 e. The number of amides is 1. The summed E-state index contributed by atoms with van der Waals surface area (Å²) >= 11 is 8.97. The van der Waals surface area contributed by atoms with Gasteiger partial charge in [0.25, 0.3) is 5.91 Å². The smallest absolute Gasteiger partial charge is 0.267 e. The summed E-state index contributed by atoms with van der Waals surface area (Å²) < 4.78 is 6.02. The predicted octanol–water partition coefficient (Wildman–Crippen LogP) is 6.17. The van der Waals surface area contributed by atoms with Crippen LogP contribution in [0.2, 0.25) is 5.02 Å². The number of benzene rings is 2.